The topological polar surface area (TPSA) is 126 Å². The number of nitrogens with zero attached hydrogens (tertiary/aromatic N) is 5. The van der Waals surface area contributed by atoms with Gasteiger partial charge in [-0.1, -0.05) is 13.8 Å². The summed E-state index contributed by atoms with van der Waals surface area (Å²) >= 11 is 0. The first-order valence-corrected chi connectivity index (χ1v) is 13.9. The molecule has 216 valence electrons. The van der Waals surface area contributed by atoms with Crippen LogP contribution in [0.1, 0.15) is 49.9 Å². The van der Waals surface area contributed by atoms with Crippen molar-refractivity contribution in [3.05, 3.63) is 54.4 Å². The number of ether oxygens (including phenoxy) is 1. The van der Waals surface area contributed by atoms with Crippen LogP contribution >= 0.6 is 0 Å². The standard InChI is InChI=1S/C29H39FN6O4/c1-20(2)17-36-18-23(15-34-36)22-13-32-29(33-14-22)35-9-7-21(8-10-35)4-3-11-40-25-5-6-26(27(30)12-25)28(39)31-16-24(38)19-37/h5-6,12-15,18,20-21,24,37-38H,3-4,7-11,16-17,19H2,1-2H3,(H,31,39). The maximum absolute atomic E-state index is 14.4. The predicted octanol–water partition coefficient (Wildman–Crippen LogP) is 3.29. The van der Waals surface area contributed by atoms with E-state index in [1.807, 2.05) is 29.5 Å². The summed E-state index contributed by atoms with van der Waals surface area (Å²) < 4.78 is 22.0. The first-order chi connectivity index (χ1) is 19.3. The second kappa shape index (κ2) is 14.2. The van der Waals surface area contributed by atoms with Gasteiger partial charge in [0.15, 0.2) is 0 Å². The molecule has 0 bridgehead atoms. The van der Waals surface area contributed by atoms with Gasteiger partial charge in [0.1, 0.15) is 11.6 Å². The lowest BCUT2D eigenvalue weighted by Crippen LogP contribution is -2.34. The molecule has 11 heteroatoms. The van der Waals surface area contributed by atoms with Crippen molar-refractivity contribution < 1.29 is 24.1 Å². The number of carbonyl (C=O) groups is 1. The second-order valence-corrected chi connectivity index (χ2v) is 10.7. The van der Waals surface area contributed by atoms with E-state index in [0.717, 1.165) is 62.4 Å². The van der Waals surface area contributed by atoms with Gasteiger partial charge in [0.05, 0.1) is 31.1 Å². The molecule has 40 heavy (non-hydrogen) atoms. The van der Waals surface area contributed by atoms with Gasteiger partial charge < -0.3 is 25.2 Å². The molecule has 1 aliphatic rings. The van der Waals surface area contributed by atoms with Gasteiger partial charge in [-0.15, -0.1) is 0 Å². The van der Waals surface area contributed by atoms with Crippen LogP contribution in [0.4, 0.5) is 10.3 Å². The van der Waals surface area contributed by atoms with Crippen molar-refractivity contribution in [2.24, 2.45) is 11.8 Å². The van der Waals surface area contributed by atoms with Crippen LogP contribution in [-0.4, -0.2) is 74.8 Å². The minimum Gasteiger partial charge on any atom is -0.493 e. The quantitative estimate of drug-likeness (QED) is 0.275. The molecule has 3 N–H and O–H groups in total. The Kier molecular flexibility index (Phi) is 10.4. The average molecular weight is 555 g/mol. The number of benzene rings is 1. The Labute approximate surface area is 234 Å². The van der Waals surface area contributed by atoms with Crippen molar-refractivity contribution in [1.29, 1.82) is 0 Å². The number of aliphatic hydroxyl groups is 2. The normalized spacial score (nSPS) is 14.9. The smallest absolute Gasteiger partial charge is 0.254 e. The summed E-state index contributed by atoms with van der Waals surface area (Å²) in [6.45, 7) is 6.85. The van der Waals surface area contributed by atoms with E-state index in [1.54, 1.807) is 6.07 Å². The molecule has 1 amide bonds. The van der Waals surface area contributed by atoms with Crippen molar-refractivity contribution in [3.63, 3.8) is 0 Å². The minimum absolute atomic E-state index is 0.138. The first-order valence-electron chi connectivity index (χ1n) is 13.9. The molecule has 1 aliphatic heterocycles. The molecular formula is C29H39FN6O4. The highest BCUT2D eigenvalue weighted by molar-refractivity contribution is 5.94. The lowest BCUT2D eigenvalue weighted by Gasteiger charge is -2.32. The fourth-order valence-electron chi connectivity index (χ4n) is 4.74. The Morgan fingerprint density at radius 1 is 1.18 bits per heavy atom. The number of rotatable bonds is 13. The monoisotopic (exact) mass is 554 g/mol. The lowest BCUT2D eigenvalue weighted by atomic mass is 9.92. The number of hydrogen-bond donors (Lipinski definition) is 3. The van der Waals surface area contributed by atoms with Crippen LogP contribution in [0, 0.1) is 17.7 Å². The van der Waals surface area contributed by atoms with Crippen molar-refractivity contribution >= 4 is 11.9 Å². The van der Waals surface area contributed by atoms with E-state index in [0.29, 0.717) is 24.2 Å². The van der Waals surface area contributed by atoms with Crippen LogP contribution in [-0.2, 0) is 6.54 Å². The molecule has 3 heterocycles. The Morgan fingerprint density at radius 3 is 2.60 bits per heavy atom. The lowest BCUT2D eigenvalue weighted by molar-refractivity contribution is 0.0799. The molecule has 1 fully saturated rings. The molecule has 1 unspecified atom stereocenters. The molecule has 0 aliphatic carbocycles. The number of aromatic nitrogens is 4. The first kappa shape index (κ1) is 29.4. The minimum atomic E-state index is -1.08. The summed E-state index contributed by atoms with van der Waals surface area (Å²) in [7, 11) is 0. The zero-order chi connectivity index (χ0) is 28.5. The summed E-state index contributed by atoms with van der Waals surface area (Å²) in [4.78, 5) is 23.5. The van der Waals surface area contributed by atoms with Gasteiger partial charge >= 0.3 is 0 Å². The van der Waals surface area contributed by atoms with Gasteiger partial charge in [0.2, 0.25) is 5.95 Å². The molecule has 0 radical (unpaired) electrons. The van der Waals surface area contributed by atoms with Gasteiger partial charge in [0.25, 0.3) is 5.91 Å². The zero-order valence-electron chi connectivity index (χ0n) is 23.2. The van der Waals surface area contributed by atoms with Crippen LogP contribution in [0.3, 0.4) is 0 Å². The fraction of sp³-hybridized carbons (Fsp3) is 0.517. The van der Waals surface area contributed by atoms with Crippen molar-refractivity contribution in [2.75, 3.05) is 37.7 Å². The Hall–Kier alpha value is -3.57. The van der Waals surface area contributed by atoms with E-state index in [-0.39, 0.29) is 12.1 Å². The zero-order valence-corrected chi connectivity index (χ0v) is 23.2. The number of piperidine rings is 1. The van der Waals surface area contributed by atoms with Crippen LogP contribution in [0.25, 0.3) is 11.1 Å². The highest BCUT2D eigenvalue weighted by Gasteiger charge is 2.21. The number of nitrogens with one attached hydrogen (secondary N) is 1. The second-order valence-electron chi connectivity index (χ2n) is 10.7. The van der Waals surface area contributed by atoms with E-state index in [1.165, 1.54) is 12.1 Å². The van der Waals surface area contributed by atoms with Gasteiger partial charge in [-0.3, -0.25) is 9.48 Å². The van der Waals surface area contributed by atoms with E-state index in [9.17, 15) is 14.3 Å². The molecule has 1 saturated heterocycles. The summed E-state index contributed by atoms with van der Waals surface area (Å²) in [5.41, 5.74) is 1.84. The molecule has 0 spiro atoms. The van der Waals surface area contributed by atoms with E-state index in [2.05, 4.69) is 39.1 Å². The Bertz CT molecular complexity index is 1230. The van der Waals surface area contributed by atoms with Gasteiger partial charge in [-0.05, 0) is 49.7 Å². The highest BCUT2D eigenvalue weighted by Crippen LogP contribution is 2.26. The Balaban J connectivity index is 1.16. The number of halogens is 1. The third kappa shape index (κ3) is 8.22. The van der Waals surface area contributed by atoms with E-state index >= 15 is 0 Å². The van der Waals surface area contributed by atoms with Gasteiger partial charge in [-0.25, -0.2) is 14.4 Å². The van der Waals surface area contributed by atoms with Crippen LogP contribution in [0.15, 0.2) is 43.0 Å². The number of carbonyl (C=O) groups excluding carboxylic acids is 1. The summed E-state index contributed by atoms with van der Waals surface area (Å²) in [5.74, 6) is 0.890. The average Bonchev–Trinajstić information content (AvgIpc) is 3.42. The van der Waals surface area contributed by atoms with E-state index in [4.69, 9.17) is 9.84 Å². The largest absolute Gasteiger partial charge is 0.493 e. The van der Waals surface area contributed by atoms with Crippen molar-refractivity contribution in [1.82, 2.24) is 25.1 Å². The third-order valence-electron chi connectivity index (χ3n) is 6.97. The maximum Gasteiger partial charge on any atom is 0.254 e. The summed E-state index contributed by atoms with van der Waals surface area (Å²) in [6.07, 6.45) is 10.5. The summed E-state index contributed by atoms with van der Waals surface area (Å²) in [5, 5.41) is 24.9. The van der Waals surface area contributed by atoms with Gasteiger partial charge in [-0.2, -0.15) is 5.10 Å². The highest BCUT2D eigenvalue weighted by atomic mass is 19.1. The van der Waals surface area contributed by atoms with Crippen LogP contribution in [0.5, 0.6) is 5.75 Å². The van der Waals surface area contributed by atoms with Crippen LogP contribution in [0.2, 0.25) is 0 Å². The number of aliphatic hydroxyl groups excluding tert-OH is 2. The van der Waals surface area contributed by atoms with Crippen molar-refractivity contribution in [3.8, 4) is 16.9 Å². The Morgan fingerprint density at radius 2 is 1.93 bits per heavy atom. The molecule has 4 rings (SSSR count). The van der Waals surface area contributed by atoms with Gasteiger partial charge in [0, 0.05) is 62.0 Å². The molecule has 1 aromatic carbocycles. The predicted molar refractivity (Wildman–Crippen MR) is 150 cm³/mol. The number of amides is 1. The SMILES string of the molecule is CC(C)Cn1cc(-c2cnc(N3CCC(CCCOc4ccc(C(=O)NCC(O)CO)c(F)c4)CC3)nc2)cn1. The molecule has 2 aromatic heterocycles. The number of anilines is 1. The number of hydrogen-bond acceptors (Lipinski definition) is 8. The molecule has 10 nitrogen and oxygen atoms in total. The third-order valence-corrected chi connectivity index (χ3v) is 6.97. The van der Waals surface area contributed by atoms with Crippen molar-refractivity contribution in [2.45, 2.75) is 52.2 Å². The maximum atomic E-state index is 14.4. The fourth-order valence-corrected chi connectivity index (χ4v) is 4.74. The van der Waals surface area contributed by atoms with E-state index < -0.39 is 24.4 Å². The molecule has 3 aromatic rings. The molecular weight excluding hydrogens is 515 g/mol. The summed E-state index contributed by atoms with van der Waals surface area (Å²) in [6, 6.07) is 4.11. The molecule has 1 atom stereocenters. The molecule has 0 saturated carbocycles. The van der Waals surface area contributed by atoms with Crippen LogP contribution < -0.4 is 15.0 Å².